The van der Waals surface area contributed by atoms with E-state index in [1.165, 1.54) is 25.7 Å². The summed E-state index contributed by atoms with van der Waals surface area (Å²) in [6, 6.07) is 10.5. The lowest BCUT2D eigenvalue weighted by Gasteiger charge is -2.35. The number of benzene rings is 1. The van der Waals surface area contributed by atoms with Gasteiger partial charge in [0, 0.05) is 18.6 Å². The number of likely N-dealkylation sites (tertiary alicyclic amines) is 1. The van der Waals surface area contributed by atoms with E-state index in [9.17, 15) is 8.42 Å². The van der Waals surface area contributed by atoms with Gasteiger partial charge in [0.25, 0.3) is 0 Å². The van der Waals surface area contributed by atoms with E-state index in [0.29, 0.717) is 18.6 Å². The minimum Gasteiger partial charge on any atom is -0.296 e. The number of hydrogen-bond donors (Lipinski definition) is 1. The van der Waals surface area contributed by atoms with Gasteiger partial charge in [0.1, 0.15) is 0 Å². The van der Waals surface area contributed by atoms with Gasteiger partial charge >= 0.3 is 0 Å². The molecule has 2 fully saturated rings. The van der Waals surface area contributed by atoms with Gasteiger partial charge in [0.2, 0.25) is 10.0 Å². The Hall–Kier alpha value is -0.910. The quantitative estimate of drug-likeness (QED) is 0.876. The molecule has 1 aliphatic heterocycles. The van der Waals surface area contributed by atoms with E-state index in [2.05, 4.69) is 9.62 Å². The molecule has 1 aliphatic carbocycles. The second-order valence-electron chi connectivity index (χ2n) is 6.21. The molecular formula is C16H24N2O2S. The third-order valence-electron chi connectivity index (χ3n) is 4.43. The van der Waals surface area contributed by atoms with Crippen molar-refractivity contribution >= 4 is 10.0 Å². The highest BCUT2D eigenvalue weighted by Gasteiger charge is 2.35. The van der Waals surface area contributed by atoms with Gasteiger partial charge in [-0.05, 0) is 37.8 Å². The van der Waals surface area contributed by atoms with Crippen molar-refractivity contribution in [3.8, 4) is 0 Å². The molecule has 0 radical (unpaired) electrons. The number of rotatable bonds is 6. The summed E-state index contributed by atoms with van der Waals surface area (Å²) in [4.78, 5) is 2.52. The first-order valence-electron chi connectivity index (χ1n) is 7.91. The van der Waals surface area contributed by atoms with Gasteiger partial charge in [0.15, 0.2) is 0 Å². The normalized spacial score (nSPS) is 24.1. The van der Waals surface area contributed by atoms with Crippen LogP contribution in [0.3, 0.4) is 0 Å². The average molecular weight is 308 g/mol. The molecule has 1 heterocycles. The second-order valence-corrected chi connectivity index (χ2v) is 8.02. The van der Waals surface area contributed by atoms with Gasteiger partial charge in [0.05, 0.1) is 5.75 Å². The van der Waals surface area contributed by atoms with Crippen LogP contribution in [0.4, 0.5) is 0 Å². The molecule has 1 saturated heterocycles. The van der Waals surface area contributed by atoms with Gasteiger partial charge in [-0.3, -0.25) is 4.90 Å². The van der Waals surface area contributed by atoms with Crippen molar-refractivity contribution in [2.24, 2.45) is 0 Å². The van der Waals surface area contributed by atoms with E-state index in [1.54, 1.807) is 0 Å². The third kappa shape index (κ3) is 4.28. The first-order chi connectivity index (χ1) is 10.1. The summed E-state index contributed by atoms with van der Waals surface area (Å²) in [5, 5.41) is 0. The molecule has 1 unspecified atom stereocenters. The largest absolute Gasteiger partial charge is 0.296 e. The maximum Gasteiger partial charge on any atom is 0.215 e. The summed E-state index contributed by atoms with van der Waals surface area (Å²) in [7, 11) is -3.24. The van der Waals surface area contributed by atoms with Crippen molar-refractivity contribution in [2.45, 2.75) is 49.9 Å². The topological polar surface area (TPSA) is 49.4 Å². The molecule has 3 rings (SSSR count). The van der Waals surface area contributed by atoms with Crippen molar-refractivity contribution in [2.75, 3.05) is 13.1 Å². The Balaban J connectivity index is 1.55. The van der Waals surface area contributed by atoms with Crippen molar-refractivity contribution in [1.82, 2.24) is 9.62 Å². The van der Waals surface area contributed by atoms with Crippen LogP contribution in [0.5, 0.6) is 0 Å². The molecule has 0 bridgehead atoms. The summed E-state index contributed by atoms with van der Waals surface area (Å²) in [5.74, 6) is 0.0734. The minimum absolute atomic E-state index is 0.0734. The van der Waals surface area contributed by atoms with E-state index in [1.807, 2.05) is 30.3 Å². The Morgan fingerprint density at radius 2 is 1.86 bits per heavy atom. The highest BCUT2D eigenvalue weighted by atomic mass is 32.2. The highest BCUT2D eigenvalue weighted by molar-refractivity contribution is 7.88. The van der Waals surface area contributed by atoms with Crippen LogP contribution in [0.15, 0.2) is 30.3 Å². The summed E-state index contributed by atoms with van der Waals surface area (Å²) >= 11 is 0. The van der Waals surface area contributed by atoms with Gasteiger partial charge in [-0.1, -0.05) is 36.8 Å². The Labute approximate surface area is 127 Å². The third-order valence-corrected chi connectivity index (χ3v) is 5.75. The Morgan fingerprint density at radius 1 is 1.10 bits per heavy atom. The molecule has 1 aromatic rings. The van der Waals surface area contributed by atoms with E-state index in [4.69, 9.17) is 0 Å². The highest BCUT2D eigenvalue weighted by Crippen LogP contribution is 2.32. The maximum atomic E-state index is 12.2. The molecule has 5 heteroatoms. The van der Waals surface area contributed by atoms with Crippen LogP contribution >= 0.6 is 0 Å². The zero-order chi connectivity index (χ0) is 14.7. The molecule has 1 N–H and O–H groups in total. The molecule has 0 aromatic heterocycles. The van der Waals surface area contributed by atoms with Crippen LogP contribution in [-0.4, -0.2) is 38.5 Å². The molecule has 1 saturated carbocycles. The van der Waals surface area contributed by atoms with Gasteiger partial charge in [-0.2, -0.15) is 0 Å². The van der Waals surface area contributed by atoms with Crippen molar-refractivity contribution in [3.05, 3.63) is 35.9 Å². The predicted molar refractivity (Wildman–Crippen MR) is 84.4 cm³/mol. The van der Waals surface area contributed by atoms with E-state index in [-0.39, 0.29) is 5.75 Å². The van der Waals surface area contributed by atoms with Crippen molar-refractivity contribution in [3.63, 3.8) is 0 Å². The Morgan fingerprint density at radius 3 is 2.57 bits per heavy atom. The van der Waals surface area contributed by atoms with Crippen LogP contribution in [0, 0.1) is 0 Å². The van der Waals surface area contributed by atoms with Crippen LogP contribution in [0.25, 0.3) is 0 Å². The molecular weight excluding hydrogens is 284 g/mol. The monoisotopic (exact) mass is 308 g/mol. The SMILES string of the molecule is O=S(=O)(Cc1ccccc1)NCC1CCCCN1C1CC1. The first-order valence-corrected chi connectivity index (χ1v) is 9.56. The fourth-order valence-electron chi connectivity index (χ4n) is 3.20. The summed E-state index contributed by atoms with van der Waals surface area (Å²) < 4.78 is 27.2. The van der Waals surface area contributed by atoms with Crippen LogP contribution < -0.4 is 4.72 Å². The summed E-state index contributed by atoms with van der Waals surface area (Å²) in [6.45, 7) is 1.70. The fourth-order valence-corrected chi connectivity index (χ4v) is 4.38. The second kappa shape index (κ2) is 6.46. The molecule has 0 spiro atoms. The lowest BCUT2D eigenvalue weighted by atomic mass is 10.0. The lowest BCUT2D eigenvalue weighted by molar-refractivity contribution is 0.141. The summed E-state index contributed by atoms with van der Waals surface area (Å²) in [5.41, 5.74) is 0.840. The Kier molecular flexibility index (Phi) is 4.62. The standard InChI is InChI=1S/C16H24N2O2S/c19-21(20,13-14-6-2-1-3-7-14)17-12-16-8-4-5-11-18(16)15-9-10-15/h1-3,6-7,15-17H,4-5,8-13H2. The van der Waals surface area contributed by atoms with Gasteiger partial charge < -0.3 is 0 Å². The minimum atomic E-state index is -3.24. The molecule has 4 nitrogen and oxygen atoms in total. The number of sulfonamides is 1. The zero-order valence-electron chi connectivity index (χ0n) is 12.4. The van der Waals surface area contributed by atoms with Crippen LogP contribution in [-0.2, 0) is 15.8 Å². The number of nitrogens with one attached hydrogen (secondary N) is 1. The fraction of sp³-hybridized carbons (Fsp3) is 0.625. The smallest absolute Gasteiger partial charge is 0.215 e. The Bertz CT molecular complexity index is 555. The maximum absolute atomic E-state index is 12.2. The average Bonchev–Trinajstić information content (AvgIpc) is 3.31. The number of hydrogen-bond acceptors (Lipinski definition) is 3. The lowest BCUT2D eigenvalue weighted by Crippen LogP contribution is -2.47. The van der Waals surface area contributed by atoms with E-state index >= 15 is 0 Å². The molecule has 21 heavy (non-hydrogen) atoms. The molecule has 1 aromatic carbocycles. The van der Waals surface area contributed by atoms with Crippen LogP contribution in [0.1, 0.15) is 37.7 Å². The first kappa shape index (κ1) is 15.0. The van der Waals surface area contributed by atoms with E-state index in [0.717, 1.165) is 18.5 Å². The van der Waals surface area contributed by atoms with Gasteiger partial charge in [-0.25, -0.2) is 13.1 Å². The summed E-state index contributed by atoms with van der Waals surface area (Å²) in [6.07, 6.45) is 6.16. The molecule has 2 aliphatic rings. The van der Waals surface area contributed by atoms with Gasteiger partial charge in [-0.15, -0.1) is 0 Å². The number of nitrogens with zero attached hydrogens (tertiary/aromatic N) is 1. The molecule has 116 valence electrons. The zero-order valence-corrected chi connectivity index (χ0v) is 13.2. The van der Waals surface area contributed by atoms with Crippen molar-refractivity contribution in [1.29, 1.82) is 0 Å². The number of piperidine rings is 1. The van der Waals surface area contributed by atoms with Crippen molar-refractivity contribution < 1.29 is 8.42 Å². The van der Waals surface area contributed by atoms with Crippen LogP contribution in [0.2, 0.25) is 0 Å². The molecule has 0 amide bonds. The molecule has 1 atom stereocenters. The predicted octanol–water partition coefficient (Wildman–Crippen LogP) is 2.12. The van der Waals surface area contributed by atoms with E-state index < -0.39 is 10.0 Å².